The number of anilines is 1. The van der Waals surface area contributed by atoms with E-state index in [1.54, 1.807) is 19.1 Å². The van der Waals surface area contributed by atoms with Crippen molar-refractivity contribution in [3.8, 4) is 11.5 Å². The van der Waals surface area contributed by atoms with Crippen molar-refractivity contribution in [1.29, 1.82) is 0 Å². The highest BCUT2D eigenvalue weighted by atomic mass is 35.5. The van der Waals surface area contributed by atoms with E-state index in [9.17, 15) is 19.7 Å². The Bertz CT molecular complexity index is 1020. The number of methoxy groups -OCH3 is 2. The first-order chi connectivity index (χ1) is 14.2. The molecule has 0 heterocycles. The summed E-state index contributed by atoms with van der Waals surface area (Å²) in [5, 5.41) is 21.3. The van der Waals surface area contributed by atoms with Crippen LogP contribution in [0.2, 0.25) is 5.02 Å². The number of azo groups is 1. The quantitative estimate of drug-likeness (QED) is 0.285. The number of ether oxygens (including phenoxy) is 2. The van der Waals surface area contributed by atoms with E-state index in [0.29, 0.717) is 11.3 Å². The molecule has 2 rings (SSSR count). The van der Waals surface area contributed by atoms with E-state index in [1.807, 2.05) is 0 Å². The minimum absolute atomic E-state index is 0.0818. The first kappa shape index (κ1) is 22.8. The van der Waals surface area contributed by atoms with Crippen molar-refractivity contribution in [2.45, 2.75) is 19.9 Å². The standard InChI is InChI=1S/C19H19ClN4O6/c1-10-5-7-13(14(9-10)24(27)28)22-23-16(11(2)25)19(26)21-17-12(20)6-8-15(29-3)18(17)30-4/h5-9,16H,1-4H3,(H,21,26). The first-order valence-corrected chi connectivity index (χ1v) is 8.95. The van der Waals surface area contributed by atoms with Crippen LogP contribution in [0.5, 0.6) is 11.5 Å². The lowest BCUT2D eigenvalue weighted by Gasteiger charge is -2.16. The zero-order chi connectivity index (χ0) is 22.4. The predicted molar refractivity (Wildman–Crippen MR) is 110 cm³/mol. The van der Waals surface area contributed by atoms with E-state index in [4.69, 9.17) is 21.1 Å². The summed E-state index contributed by atoms with van der Waals surface area (Å²) in [6.07, 6.45) is 0. The fourth-order valence-corrected chi connectivity index (χ4v) is 2.71. The minimum Gasteiger partial charge on any atom is -0.493 e. The fraction of sp³-hybridized carbons (Fsp3) is 0.263. The number of aryl methyl sites for hydroxylation is 1. The van der Waals surface area contributed by atoms with Crippen LogP contribution in [0.4, 0.5) is 17.1 Å². The molecule has 1 amide bonds. The molecule has 0 saturated heterocycles. The molecule has 1 unspecified atom stereocenters. The van der Waals surface area contributed by atoms with Crippen LogP contribution in [0, 0.1) is 17.0 Å². The molecular formula is C19H19ClN4O6. The molecule has 0 bridgehead atoms. The molecule has 0 fully saturated rings. The molecule has 2 aromatic carbocycles. The van der Waals surface area contributed by atoms with Gasteiger partial charge in [0.2, 0.25) is 6.04 Å². The Hall–Kier alpha value is -3.53. The van der Waals surface area contributed by atoms with Crippen molar-refractivity contribution >= 4 is 40.4 Å². The van der Waals surface area contributed by atoms with Crippen molar-refractivity contribution in [1.82, 2.24) is 0 Å². The molecular weight excluding hydrogens is 416 g/mol. The summed E-state index contributed by atoms with van der Waals surface area (Å²) in [6, 6.07) is 5.78. The van der Waals surface area contributed by atoms with Crippen LogP contribution in [-0.2, 0) is 9.59 Å². The van der Waals surface area contributed by atoms with Gasteiger partial charge in [0.15, 0.2) is 23.0 Å². The van der Waals surface area contributed by atoms with Gasteiger partial charge < -0.3 is 14.8 Å². The minimum atomic E-state index is -1.56. The smallest absolute Gasteiger partial charge is 0.296 e. The topological polar surface area (TPSA) is 132 Å². The number of nitrogens with zero attached hydrogens (tertiary/aromatic N) is 3. The summed E-state index contributed by atoms with van der Waals surface area (Å²) >= 11 is 6.14. The molecule has 0 aliphatic carbocycles. The lowest BCUT2D eigenvalue weighted by Crippen LogP contribution is -2.32. The highest BCUT2D eigenvalue weighted by Gasteiger charge is 2.26. The number of carbonyl (C=O) groups is 2. The number of benzene rings is 2. The van der Waals surface area contributed by atoms with E-state index >= 15 is 0 Å². The van der Waals surface area contributed by atoms with Crippen LogP contribution in [0.25, 0.3) is 0 Å². The Morgan fingerprint density at radius 2 is 1.90 bits per heavy atom. The Morgan fingerprint density at radius 1 is 1.20 bits per heavy atom. The summed E-state index contributed by atoms with van der Waals surface area (Å²) in [5.74, 6) is -0.987. The highest BCUT2D eigenvalue weighted by Crippen LogP contribution is 2.40. The van der Waals surface area contributed by atoms with Crippen molar-refractivity contribution < 1.29 is 24.0 Å². The molecule has 30 heavy (non-hydrogen) atoms. The van der Waals surface area contributed by atoms with Gasteiger partial charge >= 0.3 is 0 Å². The second kappa shape index (κ2) is 9.79. The van der Waals surface area contributed by atoms with Crippen molar-refractivity contribution in [2.75, 3.05) is 19.5 Å². The van der Waals surface area contributed by atoms with Crippen molar-refractivity contribution in [3.05, 3.63) is 51.0 Å². The molecule has 0 saturated carbocycles. The van der Waals surface area contributed by atoms with Gasteiger partial charge in [-0.05, 0) is 37.6 Å². The summed E-state index contributed by atoms with van der Waals surface area (Å²) in [6.45, 7) is 2.84. The maximum Gasteiger partial charge on any atom is 0.296 e. The Morgan fingerprint density at radius 3 is 2.47 bits per heavy atom. The van der Waals surface area contributed by atoms with Gasteiger partial charge in [0, 0.05) is 6.07 Å². The van der Waals surface area contributed by atoms with E-state index < -0.39 is 22.7 Å². The second-order valence-corrected chi connectivity index (χ2v) is 6.53. The average Bonchev–Trinajstić information content (AvgIpc) is 2.69. The summed E-state index contributed by atoms with van der Waals surface area (Å²) in [7, 11) is 2.78. The number of amides is 1. The molecule has 158 valence electrons. The van der Waals surface area contributed by atoms with Crippen LogP contribution in [0.3, 0.4) is 0 Å². The average molecular weight is 435 g/mol. The maximum absolute atomic E-state index is 12.7. The molecule has 2 aromatic rings. The van der Waals surface area contributed by atoms with Gasteiger partial charge in [-0.2, -0.15) is 5.11 Å². The molecule has 1 N–H and O–H groups in total. The van der Waals surface area contributed by atoms with Crippen molar-refractivity contribution in [3.63, 3.8) is 0 Å². The van der Waals surface area contributed by atoms with Crippen molar-refractivity contribution in [2.24, 2.45) is 10.2 Å². The number of nitro groups is 1. The summed E-state index contributed by atoms with van der Waals surface area (Å²) in [5.41, 5.74) is 0.369. The lowest BCUT2D eigenvalue weighted by molar-refractivity contribution is -0.384. The van der Waals surface area contributed by atoms with Crippen LogP contribution in [0.1, 0.15) is 12.5 Å². The van der Waals surface area contributed by atoms with E-state index in [0.717, 1.165) is 6.92 Å². The number of Topliss-reactive ketones (excluding diaryl/α,β-unsaturated/α-hetero) is 1. The summed E-state index contributed by atoms with van der Waals surface area (Å²) in [4.78, 5) is 35.3. The molecule has 0 spiro atoms. The van der Waals surface area contributed by atoms with Gasteiger partial charge in [-0.25, -0.2) is 0 Å². The van der Waals surface area contributed by atoms with Crippen LogP contribution >= 0.6 is 11.6 Å². The van der Waals surface area contributed by atoms with E-state index in [-0.39, 0.29) is 27.8 Å². The monoisotopic (exact) mass is 434 g/mol. The number of nitro benzene ring substituents is 1. The zero-order valence-electron chi connectivity index (χ0n) is 16.6. The first-order valence-electron chi connectivity index (χ1n) is 8.57. The van der Waals surface area contributed by atoms with Gasteiger partial charge in [0.1, 0.15) is 5.69 Å². The maximum atomic E-state index is 12.7. The van der Waals surface area contributed by atoms with Gasteiger partial charge in [-0.3, -0.25) is 19.7 Å². The molecule has 0 aliphatic heterocycles. The highest BCUT2D eigenvalue weighted by molar-refractivity contribution is 6.34. The number of nitrogens with one attached hydrogen (secondary N) is 1. The third-order valence-corrected chi connectivity index (χ3v) is 4.30. The normalized spacial score (nSPS) is 11.8. The third-order valence-electron chi connectivity index (χ3n) is 3.98. The number of carbonyl (C=O) groups excluding carboxylic acids is 2. The van der Waals surface area contributed by atoms with Crippen LogP contribution in [-0.4, -0.2) is 36.9 Å². The third kappa shape index (κ3) is 5.09. The molecule has 0 radical (unpaired) electrons. The number of hydrogen-bond acceptors (Lipinski definition) is 8. The molecule has 10 nitrogen and oxygen atoms in total. The number of halogens is 1. The van der Waals surface area contributed by atoms with Crippen LogP contribution in [0.15, 0.2) is 40.6 Å². The molecule has 11 heteroatoms. The SMILES string of the molecule is COc1ccc(Cl)c(NC(=O)C(N=Nc2ccc(C)cc2[N+](=O)[O-])C(C)=O)c1OC. The number of rotatable bonds is 8. The molecule has 1 atom stereocenters. The van der Waals surface area contributed by atoms with Gasteiger partial charge in [0.05, 0.1) is 24.2 Å². The second-order valence-electron chi connectivity index (χ2n) is 6.13. The summed E-state index contributed by atoms with van der Waals surface area (Å²) < 4.78 is 10.4. The van der Waals surface area contributed by atoms with Gasteiger partial charge in [-0.1, -0.05) is 17.7 Å². The fourth-order valence-electron chi connectivity index (χ4n) is 2.51. The van der Waals surface area contributed by atoms with Gasteiger partial charge in [-0.15, -0.1) is 5.11 Å². The largest absolute Gasteiger partial charge is 0.493 e. The Labute approximate surface area is 177 Å². The predicted octanol–water partition coefficient (Wildman–Crippen LogP) is 4.25. The molecule has 0 aliphatic rings. The zero-order valence-corrected chi connectivity index (χ0v) is 17.4. The Kier molecular flexibility index (Phi) is 7.43. The number of ketones is 1. The van der Waals surface area contributed by atoms with E-state index in [1.165, 1.54) is 32.4 Å². The van der Waals surface area contributed by atoms with Crippen LogP contribution < -0.4 is 14.8 Å². The van der Waals surface area contributed by atoms with E-state index in [2.05, 4.69) is 15.5 Å². The number of hydrogen-bond donors (Lipinski definition) is 1. The lowest BCUT2D eigenvalue weighted by atomic mass is 10.2. The Balaban J connectivity index is 2.37. The van der Waals surface area contributed by atoms with Gasteiger partial charge in [0.25, 0.3) is 11.6 Å². The molecule has 0 aromatic heterocycles.